The molecule has 0 aromatic heterocycles. The van der Waals surface area contributed by atoms with Gasteiger partial charge in [-0.3, -0.25) is 14.9 Å². The highest BCUT2D eigenvalue weighted by atomic mass is 35.5. The third-order valence-corrected chi connectivity index (χ3v) is 3.84. The highest BCUT2D eigenvalue weighted by Crippen LogP contribution is 2.21. The lowest BCUT2D eigenvalue weighted by Gasteiger charge is -2.09. The molecule has 2 aromatic rings. The van der Waals surface area contributed by atoms with Crippen LogP contribution in [0.25, 0.3) is 0 Å². The number of hydrazone groups is 1. The van der Waals surface area contributed by atoms with Crippen molar-refractivity contribution in [2.75, 3.05) is 6.61 Å². The first-order valence-electron chi connectivity index (χ1n) is 7.33. The molecule has 0 bridgehead atoms. The van der Waals surface area contributed by atoms with Crippen LogP contribution in [0.2, 0.25) is 5.02 Å². The summed E-state index contributed by atoms with van der Waals surface area (Å²) in [5.41, 5.74) is 4.52. The van der Waals surface area contributed by atoms with Gasteiger partial charge in [0.15, 0.2) is 6.61 Å². The summed E-state index contributed by atoms with van der Waals surface area (Å²) < 4.78 is 5.46. The predicted octanol–water partition coefficient (Wildman–Crippen LogP) is 3.39. The molecule has 0 aliphatic heterocycles. The molecule has 0 atom stereocenters. The first-order valence-corrected chi connectivity index (χ1v) is 7.71. The molecule has 0 radical (unpaired) electrons. The molecule has 0 saturated carbocycles. The Morgan fingerprint density at radius 2 is 2.12 bits per heavy atom. The molecule has 0 fully saturated rings. The van der Waals surface area contributed by atoms with Crippen LogP contribution in [-0.4, -0.2) is 23.7 Å². The van der Waals surface area contributed by atoms with Gasteiger partial charge in [-0.2, -0.15) is 5.10 Å². The van der Waals surface area contributed by atoms with Crippen molar-refractivity contribution in [2.45, 2.75) is 13.8 Å². The van der Waals surface area contributed by atoms with Crippen molar-refractivity contribution in [1.29, 1.82) is 0 Å². The minimum atomic E-state index is -0.537. The van der Waals surface area contributed by atoms with Crippen LogP contribution in [0.4, 0.5) is 5.69 Å². The second-order valence-corrected chi connectivity index (χ2v) is 5.65. The summed E-state index contributed by atoms with van der Waals surface area (Å²) in [5, 5.41) is 14.8. The number of rotatable bonds is 6. The van der Waals surface area contributed by atoms with E-state index in [1.54, 1.807) is 6.07 Å². The van der Waals surface area contributed by atoms with Crippen molar-refractivity contribution < 1.29 is 14.5 Å². The Bertz CT molecular complexity index is 837. The first kappa shape index (κ1) is 18.4. The second kappa shape index (κ2) is 8.25. The fraction of sp³-hybridized carbons (Fsp3) is 0.176. The van der Waals surface area contributed by atoms with Crippen LogP contribution in [0.1, 0.15) is 16.7 Å². The van der Waals surface area contributed by atoms with Crippen LogP contribution in [0.15, 0.2) is 41.5 Å². The smallest absolute Gasteiger partial charge is 0.277 e. The van der Waals surface area contributed by atoms with Gasteiger partial charge < -0.3 is 4.74 Å². The molecule has 25 heavy (non-hydrogen) atoms. The van der Waals surface area contributed by atoms with Crippen molar-refractivity contribution in [2.24, 2.45) is 5.10 Å². The average Bonchev–Trinajstić information content (AvgIpc) is 2.57. The van der Waals surface area contributed by atoms with E-state index in [0.29, 0.717) is 11.3 Å². The molecule has 0 saturated heterocycles. The molecule has 0 aliphatic rings. The summed E-state index contributed by atoms with van der Waals surface area (Å²) in [7, 11) is 0. The highest BCUT2D eigenvalue weighted by Gasteiger charge is 2.09. The van der Waals surface area contributed by atoms with Gasteiger partial charge >= 0.3 is 0 Å². The van der Waals surface area contributed by atoms with E-state index in [4.69, 9.17) is 16.3 Å². The van der Waals surface area contributed by atoms with Crippen LogP contribution in [0.5, 0.6) is 5.75 Å². The molecule has 0 heterocycles. The number of aryl methyl sites for hydroxylation is 1. The molecular weight excluding hydrogens is 346 g/mol. The van der Waals surface area contributed by atoms with Gasteiger partial charge in [0.1, 0.15) is 5.75 Å². The Kier molecular flexibility index (Phi) is 6.08. The number of hydrogen-bond donors (Lipinski definition) is 1. The Labute approximate surface area is 149 Å². The number of halogens is 1. The van der Waals surface area contributed by atoms with Crippen LogP contribution in [0, 0.1) is 24.0 Å². The number of amides is 1. The number of hydrogen-bond acceptors (Lipinski definition) is 5. The zero-order valence-electron chi connectivity index (χ0n) is 13.7. The van der Waals surface area contributed by atoms with Crippen molar-refractivity contribution in [3.05, 3.63) is 68.2 Å². The predicted molar refractivity (Wildman–Crippen MR) is 95.3 cm³/mol. The zero-order valence-corrected chi connectivity index (χ0v) is 14.4. The maximum atomic E-state index is 11.8. The Hall–Kier alpha value is -2.93. The van der Waals surface area contributed by atoms with E-state index in [2.05, 4.69) is 10.5 Å². The van der Waals surface area contributed by atoms with E-state index in [1.165, 1.54) is 24.4 Å². The quantitative estimate of drug-likeness (QED) is 0.484. The fourth-order valence-electron chi connectivity index (χ4n) is 1.97. The molecule has 0 spiro atoms. The van der Waals surface area contributed by atoms with Crippen LogP contribution in [0.3, 0.4) is 0 Å². The SMILES string of the molecule is Cc1cccc(OCC(=O)N/N=C/c2cc([N+](=O)[O-])ccc2Cl)c1C. The number of nitro benzene ring substituents is 1. The van der Waals surface area contributed by atoms with Gasteiger partial charge in [-0.25, -0.2) is 5.43 Å². The van der Waals surface area contributed by atoms with E-state index >= 15 is 0 Å². The van der Waals surface area contributed by atoms with Gasteiger partial charge in [0, 0.05) is 22.7 Å². The van der Waals surface area contributed by atoms with E-state index in [1.807, 2.05) is 26.0 Å². The summed E-state index contributed by atoms with van der Waals surface area (Å²) in [5.74, 6) is 0.166. The maximum absolute atomic E-state index is 11.8. The summed E-state index contributed by atoms with van der Waals surface area (Å²) in [6.45, 7) is 3.66. The van der Waals surface area contributed by atoms with E-state index in [0.717, 1.165) is 11.1 Å². The van der Waals surface area contributed by atoms with Gasteiger partial charge in [0.05, 0.1) is 11.1 Å². The molecule has 2 aromatic carbocycles. The van der Waals surface area contributed by atoms with Crippen molar-refractivity contribution in [3.63, 3.8) is 0 Å². The van der Waals surface area contributed by atoms with Crippen molar-refractivity contribution in [1.82, 2.24) is 5.43 Å². The van der Waals surface area contributed by atoms with Gasteiger partial charge in [-0.1, -0.05) is 23.7 Å². The minimum absolute atomic E-state index is 0.115. The number of nitrogens with zero attached hydrogens (tertiary/aromatic N) is 2. The van der Waals surface area contributed by atoms with E-state index in [9.17, 15) is 14.9 Å². The Morgan fingerprint density at radius 3 is 2.84 bits per heavy atom. The first-order chi connectivity index (χ1) is 11.9. The van der Waals surface area contributed by atoms with Crippen molar-refractivity contribution in [3.8, 4) is 5.75 Å². The zero-order chi connectivity index (χ0) is 18.4. The summed E-state index contributed by atoms with van der Waals surface area (Å²) in [6, 6.07) is 9.53. The van der Waals surface area contributed by atoms with E-state index in [-0.39, 0.29) is 17.3 Å². The number of benzene rings is 2. The summed E-state index contributed by atoms with van der Waals surface area (Å²) in [6.07, 6.45) is 1.24. The molecule has 2 rings (SSSR count). The van der Waals surface area contributed by atoms with Gasteiger partial charge in [0.2, 0.25) is 0 Å². The lowest BCUT2D eigenvalue weighted by Crippen LogP contribution is -2.24. The summed E-state index contributed by atoms with van der Waals surface area (Å²) >= 11 is 5.94. The third kappa shape index (κ3) is 5.02. The number of carbonyl (C=O) groups is 1. The van der Waals surface area contributed by atoms with Crippen LogP contribution in [-0.2, 0) is 4.79 Å². The molecule has 8 heteroatoms. The van der Waals surface area contributed by atoms with Crippen LogP contribution >= 0.6 is 11.6 Å². The number of nitro groups is 1. The maximum Gasteiger partial charge on any atom is 0.277 e. The molecule has 1 N–H and O–H groups in total. The van der Waals surface area contributed by atoms with E-state index < -0.39 is 10.8 Å². The van der Waals surface area contributed by atoms with Gasteiger partial charge in [0.25, 0.3) is 11.6 Å². The Balaban J connectivity index is 1.93. The molecule has 130 valence electrons. The minimum Gasteiger partial charge on any atom is -0.483 e. The second-order valence-electron chi connectivity index (χ2n) is 5.24. The highest BCUT2D eigenvalue weighted by molar-refractivity contribution is 6.33. The number of nitrogens with one attached hydrogen (secondary N) is 1. The van der Waals surface area contributed by atoms with Crippen LogP contribution < -0.4 is 10.2 Å². The molecule has 0 unspecified atom stereocenters. The molecular formula is C17H16ClN3O4. The normalized spacial score (nSPS) is 10.7. The van der Waals surface area contributed by atoms with Gasteiger partial charge in [-0.05, 0) is 37.1 Å². The number of carbonyl (C=O) groups excluding carboxylic acids is 1. The number of non-ortho nitro benzene ring substituents is 1. The lowest BCUT2D eigenvalue weighted by atomic mass is 10.1. The lowest BCUT2D eigenvalue weighted by molar-refractivity contribution is -0.384. The van der Waals surface area contributed by atoms with Gasteiger partial charge in [-0.15, -0.1) is 0 Å². The molecule has 7 nitrogen and oxygen atoms in total. The number of ether oxygens (including phenoxy) is 1. The Morgan fingerprint density at radius 1 is 1.36 bits per heavy atom. The standard InChI is InChI=1S/C17H16ClN3O4/c1-11-4-3-5-16(12(11)2)25-10-17(22)20-19-9-13-8-14(21(23)24)6-7-15(13)18/h3-9H,10H2,1-2H3,(H,20,22)/b19-9+. The third-order valence-electron chi connectivity index (χ3n) is 3.50. The molecule has 1 amide bonds. The largest absolute Gasteiger partial charge is 0.483 e. The van der Waals surface area contributed by atoms with Crippen molar-refractivity contribution >= 4 is 29.4 Å². The average molecular weight is 362 g/mol. The fourth-order valence-corrected chi connectivity index (χ4v) is 2.14. The monoisotopic (exact) mass is 361 g/mol. The molecule has 0 aliphatic carbocycles. The topological polar surface area (TPSA) is 93.8 Å². The summed E-state index contributed by atoms with van der Waals surface area (Å²) in [4.78, 5) is 22.0.